The summed E-state index contributed by atoms with van der Waals surface area (Å²) in [5.41, 5.74) is 1.40. The summed E-state index contributed by atoms with van der Waals surface area (Å²) in [6, 6.07) is 5.11. The Labute approximate surface area is 114 Å². The number of hydrogen-bond acceptors (Lipinski definition) is 3. The second-order valence-electron chi connectivity index (χ2n) is 3.88. The molecule has 1 aromatic rings. The van der Waals surface area contributed by atoms with Crippen LogP contribution in [0.15, 0.2) is 22.7 Å². The third kappa shape index (κ3) is 5.05. The van der Waals surface area contributed by atoms with E-state index in [9.17, 15) is 13.2 Å². The molecule has 0 saturated carbocycles. The third-order valence-corrected chi connectivity index (χ3v) is 4.50. The standard InChI is InChI=1S/C11H14BrNO4S/c1-8-7-9(4-5-10(8)12)13-18(16,17)6-2-3-11(14)15/h4-5,7,13H,2-3,6H2,1H3,(H,14,15). The lowest BCUT2D eigenvalue weighted by atomic mass is 10.2. The van der Waals surface area contributed by atoms with E-state index in [0.717, 1.165) is 10.0 Å². The number of aliphatic carboxylic acids is 1. The summed E-state index contributed by atoms with van der Waals surface area (Å²) in [7, 11) is -3.49. The normalized spacial score (nSPS) is 11.2. The molecule has 0 amide bonds. The van der Waals surface area contributed by atoms with Gasteiger partial charge < -0.3 is 5.11 Å². The maximum Gasteiger partial charge on any atom is 0.303 e. The molecule has 18 heavy (non-hydrogen) atoms. The number of carboxylic acid groups (broad SMARTS) is 1. The van der Waals surface area contributed by atoms with Gasteiger partial charge in [0.2, 0.25) is 10.0 Å². The van der Waals surface area contributed by atoms with E-state index in [-0.39, 0.29) is 18.6 Å². The van der Waals surface area contributed by atoms with E-state index in [1.807, 2.05) is 6.92 Å². The van der Waals surface area contributed by atoms with Gasteiger partial charge in [0.15, 0.2) is 0 Å². The minimum atomic E-state index is -3.49. The molecule has 5 nitrogen and oxygen atoms in total. The molecule has 0 heterocycles. The van der Waals surface area contributed by atoms with Crippen LogP contribution in [0.4, 0.5) is 5.69 Å². The van der Waals surface area contributed by atoms with Crippen molar-refractivity contribution in [3.63, 3.8) is 0 Å². The van der Waals surface area contributed by atoms with Crippen molar-refractivity contribution in [1.82, 2.24) is 0 Å². The van der Waals surface area contributed by atoms with Crippen LogP contribution in [-0.2, 0) is 14.8 Å². The number of halogens is 1. The molecule has 0 aliphatic rings. The lowest BCUT2D eigenvalue weighted by molar-refractivity contribution is -0.137. The van der Waals surface area contributed by atoms with Crippen LogP contribution >= 0.6 is 15.9 Å². The van der Waals surface area contributed by atoms with E-state index in [4.69, 9.17) is 5.11 Å². The van der Waals surface area contributed by atoms with Crippen molar-refractivity contribution in [3.8, 4) is 0 Å². The summed E-state index contributed by atoms with van der Waals surface area (Å²) in [5, 5.41) is 8.45. The van der Waals surface area contributed by atoms with Crippen molar-refractivity contribution in [2.24, 2.45) is 0 Å². The second-order valence-corrected chi connectivity index (χ2v) is 6.58. The summed E-state index contributed by atoms with van der Waals surface area (Å²) in [6.07, 6.45) is -0.0551. The molecular weight excluding hydrogens is 322 g/mol. The van der Waals surface area contributed by atoms with Crippen LogP contribution in [0.1, 0.15) is 18.4 Å². The van der Waals surface area contributed by atoms with Crippen molar-refractivity contribution >= 4 is 37.6 Å². The monoisotopic (exact) mass is 335 g/mol. The van der Waals surface area contributed by atoms with Crippen LogP contribution in [0.3, 0.4) is 0 Å². The Balaban J connectivity index is 2.64. The molecule has 0 radical (unpaired) electrons. The van der Waals surface area contributed by atoms with Crippen LogP contribution in [0.5, 0.6) is 0 Å². The minimum Gasteiger partial charge on any atom is -0.481 e. The number of sulfonamides is 1. The van der Waals surface area contributed by atoms with E-state index >= 15 is 0 Å². The number of nitrogens with one attached hydrogen (secondary N) is 1. The summed E-state index contributed by atoms with van der Waals surface area (Å²) in [6.45, 7) is 1.85. The smallest absolute Gasteiger partial charge is 0.303 e. The molecular formula is C11H14BrNO4S. The van der Waals surface area contributed by atoms with Crippen molar-refractivity contribution in [1.29, 1.82) is 0 Å². The Morgan fingerprint density at radius 1 is 1.44 bits per heavy atom. The van der Waals surface area contributed by atoms with Gasteiger partial charge in [-0.25, -0.2) is 8.42 Å². The Morgan fingerprint density at radius 3 is 2.67 bits per heavy atom. The number of rotatable bonds is 6. The van der Waals surface area contributed by atoms with Crippen LogP contribution in [-0.4, -0.2) is 25.2 Å². The van der Waals surface area contributed by atoms with Crippen LogP contribution in [0.2, 0.25) is 0 Å². The molecule has 0 atom stereocenters. The first-order valence-corrected chi connectivity index (χ1v) is 7.73. The van der Waals surface area contributed by atoms with Gasteiger partial charge in [0.1, 0.15) is 0 Å². The Kier molecular flexibility index (Phi) is 5.15. The predicted molar refractivity (Wildman–Crippen MR) is 73.2 cm³/mol. The highest BCUT2D eigenvalue weighted by Crippen LogP contribution is 2.20. The molecule has 0 unspecified atom stereocenters. The Hall–Kier alpha value is -1.08. The number of carbonyl (C=O) groups is 1. The van der Waals surface area contributed by atoms with E-state index < -0.39 is 16.0 Å². The summed E-state index contributed by atoms with van der Waals surface area (Å²) >= 11 is 3.32. The van der Waals surface area contributed by atoms with Crippen LogP contribution in [0, 0.1) is 6.92 Å². The van der Waals surface area contributed by atoms with E-state index in [1.165, 1.54) is 0 Å². The van der Waals surface area contributed by atoms with Gasteiger partial charge in [-0.05, 0) is 37.1 Å². The highest BCUT2D eigenvalue weighted by molar-refractivity contribution is 9.10. The minimum absolute atomic E-state index is 0.0974. The van der Waals surface area contributed by atoms with Gasteiger partial charge >= 0.3 is 5.97 Å². The first-order valence-electron chi connectivity index (χ1n) is 5.28. The molecule has 1 aromatic carbocycles. The lowest BCUT2D eigenvalue weighted by Gasteiger charge is -2.08. The van der Waals surface area contributed by atoms with Gasteiger partial charge in [0, 0.05) is 16.6 Å². The molecule has 0 aromatic heterocycles. The zero-order chi connectivity index (χ0) is 13.8. The number of aryl methyl sites for hydroxylation is 1. The van der Waals surface area contributed by atoms with Crippen LogP contribution < -0.4 is 4.72 Å². The molecule has 1 rings (SSSR count). The summed E-state index contributed by atoms with van der Waals surface area (Å²) in [4.78, 5) is 10.3. The van der Waals surface area contributed by atoms with Gasteiger partial charge in [0.05, 0.1) is 5.75 Å². The van der Waals surface area contributed by atoms with Gasteiger partial charge in [-0.1, -0.05) is 15.9 Å². The van der Waals surface area contributed by atoms with Gasteiger partial charge in [-0.3, -0.25) is 9.52 Å². The van der Waals surface area contributed by atoms with Gasteiger partial charge in [-0.2, -0.15) is 0 Å². The van der Waals surface area contributed by atoms with Gasteiger partial charge in [0.25, 0.3) is 0 Å². The molecule has 2 N–H and O–H groups in total. The first-order chi connectivity index (χ1) is 8.30. The fraction of sp³-hybridized carbons (Fsp3) is 0.364. The second kappa shape index (κ2) is 6.19. The van der Waals surface area contributed by atoms with Crippen molar-refractivity contribution in [3.05, 3.63) is 28.2 Å². The zero-order valence-electron chi connectivity index (χ0n) is 9.81. The average Bonchev–Trinajstić information content (AvgIpc) is 2.22. The topological polar surface area (TPSA) is 83.5 Å². The molecule has 100 valence electrons. The Bertz CT molecular complexity index is 542. The molecule has 0 fully saturated rings. The summed E-state index contributed by atoms with van der Waals surface area (Å²) in [5.74, 6) is -1.20. The fourth-order valence-electron chi connectivity index (χ4n) is 1.35. The van der Waals surface area contributed by atoms with Crippen molar-refractivity contribution in [2.75, 3.05) is 10.5 Å². The number of carboxylic acids is 1. The maximum atomic E-state index is 11.7. The van der Waals surface area contributed by atoms with Gasteiger partial charge in [-0.15, -0.1) is 0 Å². The van der Waals surface area contributed by atoms with E-state index in [2.05, 4.69) is 20.7 Å². The van der Waals surface area contributed by atoms with Crippen molar-refractivity contribution in [2.45, 2.75) is 19.8 Å². The van der Waals surface area contributed by atoms with Crippen molar-refractivity contribution < 1.29 is 18.3 Å². The zero-order valence-corrected chi connectivity index (χ0v) is 12.2. The molecule has 7 heteroatoms. The number of anilines is 1. The maximum absolute atomic E-state index is 11.7. The molecule has 0 aliphatic carbocycles. The largest absolute Gasteiger partial charge is 0.481 e. The molecule has 0 saturated heterocycles. The third-order valence-electron chi connectivity index (χ3n) is 2.24. The Morgan fingerprint density at radius 2 is 2.11 bits per heavy atom. The quantitative estimate of drug-likeness (QED) is 0.835. The van der Waals surface area contributed by atoms with Crippen LogP contribution in [0.25, 0.3) is 0 Å². The number of hydrogen-bond donors (Lipinski definition) is 2. The van der Waals surface area contributed by atoms with E-state index in [0.29, 0.717) is 5.69 Å². The highest BCUT2D eigenvalue weighted by Gasteiger charge is 2.11. The predicted octanol–water partition coefficient (Wildman–Crippen LogP) is 2.36. The average molecular weight is 336 g/mol. The lowest BCUT2D eigenvalue weighted by Crippen LogP contribution is -2.17. The molecule has 0 aliphatic heterocycles. The number of benzene rings is 1. The highest BCUT2D eigenvalue weighted by atomic mass is 79.9. The first kappa shape index (κ1) is 15.0. The molecule has 0 spiro atoms. The SMILES string of the molecule is Cc1cc(NS(=O)(=O)CCCC(=O)O)ccc1Br. The summed E-state index contributed by atoms with van der Waals surface area (Å²) < 4.78 is 26.6. The fourth-order valence-corrected chi connectivity index (χ4v) is 2.71. The molecule has 0 bridgehead atoms. The van der Waals surface area contributed by atoms with E-state index in [1.54, 1.807) is 18.2 Å².